The predicted molar refractivity (Wildman–Crippen MR) is 59.7 cm³/mol. The number of allylic oxidation sites excluding steroid dienone is 3. The van der Waals surface area contributed by atoms with Gasteiger partial charge in [0.15, 0.2) is 0 Å². The van der Waals surface area contributed by atoms with E-state index in [2.05, 4.69) is 6.92 Å². The second-order valence-electron chi connectivity index (χ2n) is 3.36. The molecule has 0 rings (SSSR count). The van der Waals surface area contributed by atoms with Gasteiger partial charge in [-0.25, -0.2) is 4.79 Å². The molecule has 0 aromatic heterocycles. The lowest BCUT2D eigenvalue weighted by Crippen LogP contribution is -1.88. The average molecular weight is 210 g/mol. The maximum atomic E-state index is 10.3. The van der Waals surface area contributed by atoms with Gasteiger partial charge in [0.1, 0.15) is 6.29 Å². The Kier molecular flexibility index (Phi) is 8.34. The highest BCUT2D eigenvalue weighted by Gasteiger charge is 1.95. The van der Waals surface area contributed by atoms with Crippen LogP contribution in [0.3, 0.4) is 0 Å². The van der Waals surface area contributed by atoms with Crippen molar-refractivity contribution in [2.24, 2.45) is 0 Å². The van der Waals surface area contributed by atoms with Crippen LogP contribution in [0.4, 0.5) is 0 Å². The summed E-state index contributed by atoms with van der Waals surface area (Å²) in [6, 6.07) is 0. The normalized spacial score (nSPS) is 11.9. The Balaban J connectivity index is 4.00. The van der Waals surface area contributed by atoms with Gasteiger partial charge >= 0.3 is 5.97 Å². The van der Waals surface area contributed by atoms with E-state index < -0.39 is 5.97 Å². The number of carbonyl (C=O) groups is 2. The number of hydrogen-bond donors (Lipinski definition) is 1. The zero-order valence-corrected chi connectivity index (χ0v) is 9.11. The molecule has 3 nitrogen and oxygen atoms in total. The van der Waals surface area contributed by atoms with Crippen molar-refractivity contribution in [2.75, 3.05) is 0 Å². The summed E-state index contributed by atoms with van der Waals surface area (Å²) in [5, 5.41) is 8.44. The lowest BCUT2D eigenvalue weighted by Gasteiger charge is -2.00. The van der Waals surface area contributed by atoms with Crippen LogP contribution in [-0.4, -0.2) is 17.4 Å². The van der Waals surface area contributed by atoms with Gasteiger partial charge in [-0.15, -0.1) is 0 Å². The Morgan fingerprint density at radius 2 is 1.93 bits per heavy atom. The van der Waals surface area contributed by atoms with Gasteiger partial charge in [-0.3, -0.25) is 4.79 Å². The number of carboxylic acid groups (broad SMARTS) is 1. The van der Waals surface area contributed by atoms with Crippen molar-refractivity contribution in [1.29, 1.82) is 0 Å². The van der Waals surface area contributed by atoms with Crippen molar-refractivity contribution in [2.45, 2.75) is 39.0 Å². The molecule has 0 radical (unpaired) electrons. The third-order valence-corrected chi connectivity index (χ3v) is 2.04. The molecule has 0 aromatic rings. The van der Waals surface area contributed by atoms with E-state index >= 15 is 0 Å². The molecule has 15 heavy (non-hydrogen) atoms. The third kappa shape index (κ3) is 8.94. The van der Waals surface area contributed by atoms with Crippen LogP contribution in [0.5, 0.6) is 0 Å². The van der Waals surface area contributed by atoms with Crippen LogP contribution in [0, 0.1) is 0 Å². The summed E-state index contributed by atoms with van der Waals surface area (Å²) >= 11 is 0. The van der Waals surface area contributed by atoms with Crippen LogP contribution in [-0.2, 0) is 9.59 Å². The number of aldehydes is 1. The molecular formula is C12H18O3. The number of rotatable bonds is 8. The van der Waals surface area contributed by atoms with Crippen molar-refractivity contribution >= 4 is 12.3 Å². The molecule has 84 valence electrons. The maximum absolute atomic E-state index is 10.3. The predicted octanol–water partition coefficient (Wildman–Crippen LogP) is 2.72. The average Bonchev–Trinajstić information content (AvgIpc) is 2.20. The third-order valence-electron chi connectivity index (χ3n) is 2.04. The second kappa shape index (κ2) is 9.19. The first-order valence-electron chi connectivity index (χ1n) is 5.26. The van der Waals surface area contributed by atoms with Crippen LogP contribution in [0.25, 0.3) is 0 Å². The van der Waals surface area contributed by atoms with E-state index in [0.29, 0.717) is 6.29 Å². The highest BCUT2D eigenvalue weighted by atomic mass is 16.4. The van der Waals surface area contributed by atoms with Crippen molar-refractivity contribution in [1.82, 2.24) is 0 Å². The SMILES string of the molecule is CCCCCCC(/C=C\C(=O)O)=C/C=O. The second-order valence-corrected chi connectivity index (χ2v) is 3.36. The molecule has 0 unspecified atom stereocenters. The molecule has 0 saturated heterocycles. The summed E-state index contributed by atoms with van der Waals surface area (Å²) in [5.41, 5.74) is 0.781. The van der Waals surface area contributed by atoms with Gasteiger partial charge in [0, 0.05) is 6.08 Å². The smallest absolute Gasteiger partial charge is 0.328 e. The van der Waals surface area contributed by atoms with Crippen molar-refractivity contribution in [3.8, 4) is 0 Å². The zero-order valence-electron chi connectivity index (χ0n) is 9.11. The first-order chi connectivity index (χ1) is 7.20. The van der Waals surface area contributed by atoms with Crippen LogP contribution in [0.15, 0.2) is 23.8 Å². The van der Waals surface area contributed by atoms with E-state index in [1.165, 1.54) is 18.6 Å². The van der Waals surface area contributed by atoms with E-state index in [9.17, 15) is 9.59 Å². The first-order valence-corrected chi connectivity index (χ1v) is 5.26. The number of unbranched alkanes of at least 4 members (excludes halogenated alkanes) is 3. The molecule has 0 aromatic carbocycles. The summed E-state index contributed by atoms with van der Waals surface area (Å²) in [7, 11) is 0. The standard InChI is InChI=1S/C12H18O3/c1-2-3-4-5-6-11(9-10-13)7-8-12(14)15/h7-10H,2-6H2,1H3,(H,14,15)/b8-7-,11-9-. The van der Waals surface area contributed by atoms with Crippen LogP contribution in [0.1, 0.15) is 39.0 Å². The number of carbonyl (C=O) groups excluding carboxylic acids is 1. The molecule has 0 fully saturated rings. The Morgan fingerprint density at radius 1 is 1.20 bits per heavy atom. The fourth-order valence-corrected chi connectivity index (χ4v) is 1.24. The summed E-state index contributed by atoms with van der Waals surface area (Å²) in [6.07, 6.45) is 9.90. The molecule has 0 aliphatic carbocycles. The fraction of sp³-hybridized carbons (Fsp3) is 0.500. The Hall–Kier alpha value is -1.38. The van der Waals surface area contributed by atoms with Gasteiger partial charge in [-0.2, -0.15) is 0 Å². The fourth-order valence-electron chi connectivity index (χ4n) is 1.24. The Labute approximate surface area is 90.5 Å². The molecule has 0 heterocycles. The lowest BCUT2D eigenvalue weighted by atomic mass is 10.1. The first kappa shape index (κ1) is 13.6. The summed E-state index contributed by atoms with van der Waals surface area (Å²) in [4.78, 5) is 20.6. The van der Waals surface area contributed by atoms with Gasteiger partial charge in [0.25, 0.3) is 0 Å². The van der Waals surface area contributed by atoms with Gasteiger partial charge in [-0.1, -0.05) is 32.3 Å². The molecule has 0 spiro atoms. The molecule has 0 atom stereocenters. The van der Waals surface area contributed by atoms with Gasteiger partial charge in [0.05, 0.1) is 0 Å². The van der Waals surface area contributed by atoms with E-state index in [-0.39, 0.29) is 0 Å². The molecule has 1 N–H and O–H groups in total. The summed E-state index contributed by atoms with van der Waals surface area (Å²) in [6.45, 7) is 2.13. The highest BCUT2D eigenvalue weighted by molar-refractivity contribution is 5.80. The quantitative estimate of drug-likeness (QED) is 0.290. The van der Waals surface area contributed by atoms with E-state index in [1.807, 2.05) is 0 Å². The van der Waals surface area contributed by atoms with Crippen LogP contribution in [0.2, 0.25) is 0 Å². The van der Waals surface area contributed by atoms with Crippen LogP contribution >= 0.6 is 0 Å². The molecular weight excluding hydrogens is 192 g/mol. The van der Waals surface area contributed by atoms with Crippen molar-refractivity contribution in [3.05, 3.63) is 23.8 Å². The van der Waals surface area contributed by atoms with Gasteiger partial charge < -0.3 is 5.11 Å². The highest BCUT2D eigenvalue weighted by Crippen LogP contribution is 2.10. The van der Waals surface area contributed by atoms with E-state index in [4.69, 9.17) is 5.11 Å². The minimum Gasteiger partial charge on any atom is -0.478 e. The zero-order chi connectivity index (χ0) is 11.5. The van der Waals surface area contributed by atoms with E-state index in [1.54, 1.807) is 0 Å². The minimum atomic E-state index is -0.986. The Bertz CT molecular complexity index is 252. The van der Waals surface area contributed by atoms with Gasteiger partial charge in [-0.05, 0) is 24.5 Å². The molecule has 0 aliphatic heterocycles. The number of hydrogen-bond acceptors (Lipinski definition) is 2. The van der Waals surface area contributed by atoms with Crippen molar-refractivity contribution in [3.63, 3.8) is 0 Å². The lowest BCUT2D eigenvalue weighted by molar-refractivity contribution is -0.131. The molecule has 0 bridgehead atoms. The van der Waals surface area contributed by atoms with E-state index in [0.717, 1.165) is 37.3 Å². The van der Waals surface area contributed by atoms with Crippen LogP contribution < -0.4 is 0 Å². The largest absolute Gasteiger partial charge is 0.478 e. The van der Waals surface area contributed by atoms with Crippen molar-refractivity contribution < 1.29 is 14.7 Å². The molecule has 0 saturated carbocycles. The number of carboxylic acids is 1. The molecule has 0 aliphatic rings. The minimum absolute atomic E-state index is 0.696. The monoisotopic (exact) mass is 210 g/mol. The summed E-state index contributed by atoms with van der Waals surface area (Å²) in [5.74, 6) is -0.986. The summed E-state index contributed by atoms with van der Waals surface area (Å²) < 4.78 is 0. The number of aliphatic carboxylic acids is 1. The Morgan fingerprint density at radius 3 is 2.47 bits per heavy atom. The van der Waals surface area contributed by atoms with Gasteiger partial charge in [0.2, 0.25) is 0 Å². The molecule has 0 amide bonds. The maximum Gasteiger partial charge on any atom is 0.328 e. The molecule has 3 heteroatoms. The topological polar surface area (TPSA) is 54.4 Å².